The van der Waals surface area contributed by atoms with Crippen molar-refractivity contribution in [3.8, 4) is 5.75 Å². The molecule has 0 fully saturated rings. The summed E-state index contributed by atoms with van der Waals surface area (Å²) in [5.74, 6) is 0.371. The van der Waals surface area contributed by atoms with Crippen LogP contribution in [0.3, 0.4) is 0 Å². The van der Waals surface area contributed by atoms with Crippen LogP contribution in [0.2, 0.25) is 0 Å². The van der Waals surface area contributed by atoms with Crippen LogP contribution in [0.25, 0.3) is 10.9 Å². The molecule has 0 aliphatic rings. The number of nitrogens with zero attached hydrogens (tertiary/aromatic N) is 1. The van der Waals surface area contributed by atoms with Gasteiger partial charge >= 0.3 is 0 Å². The van der Waals surface area contributed by atoms with Gasteiger partial charge in [0.25, 0.3) is 0 Å². The lowest BCUT2D eigenvalue weighted by atomic mass is 9.75. The molecule has 2 rings (SSSR count). The fourth-order valence-corrected chi connectivity index (χ4v) is 3.24. The van der Waals surface area contributed by atoms with Crippen LogP contribution in [0.5, 0.6) is 5.75 Å². The van der Waals surface area contributed by atoms with E-state index in [0.29, 0.717) is 5.75 Å². The highest BCUT2D eigenvalue weighted by atomic mass is 16.3. The number of hydrogen-bond acceptors (Lipinski definition) is 2. The predicted octanol–water partition coefficient (Wildman–Crippen LogP) is 5.97. The van der Waals surface area contributed by atoms with Crippen molar-refractivity contribution in [3.63, 3.8) is 0 Å². The highest BCUT2D eigenvalue weighted by Crippen LogP contribution is 2.40. The van der Waals surface area contributed by atoms with Gasteiger partial charge in [0.1, 0.15) is 11.3 Å². The topological polar surface area (TPSA) is 33.1 Å². The van der Waals surface area contributed by atoms with Crippen molar-refractivity contribution >= 4 is 10.9 Å². The van der Waals surface area contributed by atoms with Gasteiger partial charge in [0, 0.05) is 17.1 Å². The number of aromatic hydroxyl groups is 1. The monoisotopic (exact) mass is 299 g/mol. The van der Waals surface area contributed by atoms with Crippen LogP contribution in [0.4, 0.5) is 0 Å². The first-order valence-corrected chi connectivity index (χ1v) is 8.69. The van der Waals surface area contributed by atoms with E-state index in [0.717, 1.165) is 29.3 Å². The molecular formula is C20H29NO. The lowest BCUT2D eigenvalue weighted by Crippen LogP contribution is -2.21. The standard InChI is InChI=1S/C20H29NO/c1-4-6-7-8-9-14-20(3,5-2)17-13-12-16-11-10-15-21-18(16)19(17)22/h10-13,15,22H,4-9,14H2,1-3H3. The van der Waals surface area contributed by atoms with Crippen molar-refractivity contribution in [2.45, 2.75) is 71.1 Å². The Kier molecular flexibility index (Phi) is 5.82. The minimum Gasteiger partial charge on any atom is -0.505 e. The summed E-state index contributed by atoms with van der Waals surface area (Å²) in [4.78, 5) is 4.36. The van der Waals surface area contributed by atoms with Crippen molar-refractivity contribution in [3.05, 3.63) is 36.0 Å². The minimum atomic E-state index is 0.0298. The second-order valence-corrected chi connectivity index (χ2v) is 6.62. The van der Waals surface area contributed by atoms with Crippen molar-refractivity contribution in [2.75, 3.05) is 0 Å². The number of rotatable bonds is 8. The summed E-state index contributed by atoms with van der Waals surface area (Å²) in [6.45, 7) is 6.74. The van der Waals surface area contributed by atoms with Gasteiger partial charge in [0.15, 0.2) is 0 Å². The Morgan fingerprint density at radius 2 is 1.82 bits per heavy atom. The molecule has 1 aromatic carbocycles. The Hall–Kier alpha value is -1.57. The SMILES string of the molecule is CCCCCCCC(C)(CC)c1ccc2cccnc2c1O. The van der Waals surface area contributed by atoms with E-state index in [1.807, 2.05) is 12.1 Å². The van der Waals surface area contributed by atoms with E-state index in [-0.39, 0.29) is 5.41 Å². The van der Waals surface area contributed by atoms with Gasteiger partial charge < -0.3 is 5.11 Å². The average Bonchev–Trinajstić information content (AvgIpc) is 2.55. The van der Waals surface area contributed by atoms with Crippen molar-refractivity contribution in [2.24, 2.45) is 0 Å². The third-order valence-electron chi connectivity index (χ3n) is 5.01. The van der Waals surface area contributed by atoms with E-state index in [1.165, 1.54) is 32.1 Å². The van der Waals surface area contributed by atoms with Crippen molar-refractivity contribution in [1.29, 1.82) is 0 Å². The largest absolute Gasteiger partial charge is 0.505 e. The second kappa shape index (κ2) is 7.62. The summed E-state index contributed by atoms with van der Waals surface area (Å²) < 4.78 is 0. The normalized spacial score (nSPS) is 14.1. The van der Waals surface area contributed by atoms with Crippen LogP contribution < -0.4 is 0 Å². The number of fused-ring (bicyclic) bond motifs is 1. The number of phenols is 1. The molecule has 0 radical (unpaired) electrons. The van der Waals surface area contributed by atoms with Gasteiger partial charge in [0.2, 0.25) is 0 Å². The first-order chi connectivity index (χ1) is 10.6. The fraction of sp³-hybridized carbons (Fsp3) is 0.550. The highest BCUT2D eigenvalue weighted by molar-refractivity contribution is 5.85. The molecule has 1 heterocycles. The average molecular weight is 299 g/mol. The smallest absolute Gasteiger partial charge is 0.145 e. The molecule has 1 atom stereocenters. The molecule has 0 spiro atoms. The number of pyridine rings is 1. The van der Waals surface area contributed by atoms with Gasteiger partial charge in [-0.2, -0.15) is 0 Å². The van der Waals surface area contributed by atoms with Crippen molar-refractivity contribution < 1.29 is 5.11 Å². The van der Waals surface area contributed by atoms with Gasteiger partial charge in [0.05, 0.1) is 0 Å². The molecule has 2 aromatic rings. The number of hydrogen-bond donors (Lipinski definition) is 1. The molecule has 120 valence electrons. The quantitative estimate of drug-likeness (QED) is 0.609. The number of benzene rings is 1. The van der Waals surface area contributed by atoms with E-state index in [4.69, 9.17) is 0 Å². The van der Waals surface area contributed by atoms with Crippen molar-refractivity contribution in [1.82, 2.24) is 4.98 Å². The number of aromatic nitrogens is 1. The maximum Gasteiger partial charge on any atom is 0.145 e. The third-order valence-corrected chi connectivity index (χ3v) is 5.01. The van der Waals surface area contributed by atoms with Gasteiger partial charge in [-0.15, -0.1) is 0 Å². The van der Waals surface area contributed by atoms with Crippen LogP contribution in [-0.4, -0.2) is 10.1 Å². The van der Waals surface area contributed by atoms with E-state index in [1.54, 1.807) is 6.20 Å². The highest BCUT2D eigenvalue weighted by Gasteiger charge is 2.28. The molecular weight excluding hydrogens is 270 g/mol. The lowest BCUT2D eigenvalue weighted by molar-refractivity contribution is 0.372. The van der Waals surface area contributed by atoms with Gasteiger partial charge in [-0.05, 0) is 24.3 Å². The molecule has 0 saturated carbocycles. The van der Waals surface area contributed by atoms with E-state index >= 15 is 0 Å². The predicted molar refractivity (Wildman–Crippen MR) is 94.4 cm³/mol. The molecule has 0 aliphatic heterocycles. The van der Waals surface area contributed by atoms with Gasteiger partial charge in [-0.25, -0.2) is 0 Å². The second-order valence-electron chi connectivity index (χ2n) is 6.62. The Balaban J connectivity index is 2.20. The Labute approximate surface area is 134 Å². The third kappa shape index (κ3) is 3.60. The first kappa shape index (κ1) is 16.8. The summed E-state index contributed by atoms with van der Waals surface area (Å²) in [6.07, 6.45) is 10.4. The maximum atomic E-state index is 10.7. The van der Waals surface area contributed by atoms with Gasteiger partial charge in [-0.3, -0.25) is 4.98 Å². The first-order valence-electron chi connectivity index (χ1n) is 8.69. The zero-order valence-corrected chi connectivity index (χ0v) is 14.2. The summed E-state index contributed by atoms with van der Waals surface area (Å²) in [5.41, 5.74) is 1.81. The van der Waals surface area contributed by atoms with E-state index in [9.17, 15) is 5.11 Å². The maximum absolute atomic E-state index is 10.7. The summed E-state index contributed by atoms with van der Waals surface area (Å²) in [5, 5.41) is 11.7. The van der Waals surface area contributed by atoms with E-state index < -0.39 is 0 Å². The number of phenolic OH excluding ortho intramolecular Hbond substituents is 1. The zero-order chi connectivity index (χ0) is 16.0. The Morgan fingerprint density at radius 3 is 2.55 bits per heavy atom. The van der Waals surface area contributed by atoms with E-state index in [2.05, 4.69) is 37.9 Å². The van der Waals surface area contributed by atoms with Crippen LogP contribution in [0.15, 0.2) is 30.5 Å². The molecule has 22 heavy (non-hydrogen) atoms. The minimum absolute atomic E-state index is 0.0298. The molecule has 0 bridgehead atoms. The molecule has 0 saturated heterocycles. The molecule has 1 unspecified atom stereocenters. The molecule has 1 N–H and O–H groups in total. The fourth-order valence-electron chi connectivity index (χ4n) is 3.24. The van der Waals surface area contributed by atoms with Crippen LogP contribution in [0, 0.1) is 0 Å². The van der Waals surface area contributed by atoms with Crippen LogP contribution >= 0.6 is 0 Å². The summed E-state index contributed by atoms with van der Waals surface area (Å²) in [7, 11) is 0. The summed E-state index contributed by atoms with van der Waals surface area (Å²) >= 11 is 0. The van der Waals surface area contributed by atoms with Crippen LogP contribution in [0.1, 0.15) is 71.3 Å². The molecule has 0 aliphatic carbocycles. The number of unbranched alkanes of at least 4 members (excludes halogenated alkanes) is 4. The van der Waals surface area contributed by atoms with Crippen LogP contribution in [-0.2, 0) is 5.41 Å². The molecule has 1 aromatic heterocycles. The Bertz CT molecular complexity index is 608. The molecule has 2 nitrogen and oxygen atoms in total. The molecule has 0 amide bonds. The summed E-state index contributed by atoms with van der Waals surface area (Å²) in [6, 6.07) is 8.09. The zero-order valence-electron chi connectivity index (χ0n) is 14.2. The molecule has 2 heteroatoms. The van der Waals surface area contributed by atoms with Gasteiger partial charge in [-0.1, -0.05) is 71.1 Å². The Morgan fingerprint density at radius 1 is 1.05 bits per heavy atom. The lowest BCUT2D eigenvalue weighted by Gasteiger charge is -2.30.